The molecule has 0 unspecified atom stereocenters. The molecule has 0 radical (unpaired) electrons. The van der Waals surface area contributed by atoms with Crippen molar-refractivity contribution >= 4 is 38.2 Å². The molecule has 0 bridgehead atoms. The van der Waals surface area contributed by atoms with Gasteiger partial charge in [-0.1, -0.05) is 12.1 Å². The third-order valence-corrected chi connectivity index (χ3v) is 4.74. The van der Waals surface area contributed by atoms with E-state index in [1.165, 1.54) is 36.4 Å². The van der Waals surface area contributed by atoms with Crippen LogP contribution in [0.3, 0.4) is 0 Å². The molecule has 1 amide bonds. The van der Waals surface area contributed by atoms with Crippen LogP contribution in [0.15, 0.2) is 59.5 Å². The van der Waals surface area contributed by atoms with Gasteiger partial charge in [0.25, 0.3) is 21.7 Å². The second kappa shape index (κ2) is 6.67. The van der Waals surface area contributed by atoms with Gasteiger partial charge in [0.15, 0.2) is 0 Å². The average Bonchev–Trinajstić information content (AvgIpc) is 2.63. The fraction of sp³-hybridized carbons (Fsp3) is 0. The van der Waals surface area contributed by atoms with E-state index in [9.17, 15) is 33.0 Å². The van der Waals surface area contributed by atoms with Crippen LogP contribution < -0.4 is 5.32 Å². The maximum atomic E-state index is 12.4. The lowest BCUT2D eigenvalue weighted by atomic mass is 10.1. The smallest absolute Gasteiger partial charge is 0.295 e. The molecular weight excluding hydrogens is 376 g/mol. The van der Waals surface area contributed by atoms with Crippen molar-refractivity contribution in [2.24, 2.45) is 0 Å². The molecule has 3 N–H and O–H groups in total. The van der Waals surface area contributed by atoms with Crippen molar-refractivity contribution in [1.82, 2.24) is 0 Å². The largest absolute Gasteiger partial charge is 0.507 e. The number of hydrogen-bond acceptors (Lipinski definition) is 6. The molecule has 9 nitrogen and oxygen atoms in total. The van der Waals surface area contributed by atoms with Gasteiger partial charge in [0.1, 0.15) is 10.6 Å². The summed E-state index contributed by atoms with van der Waals surface area (Å²) in [5.41, 5.74) is -0.0409. The predicted molar refractivity (Wildman–Crippen MR) is 96.5 cm³/mol. The number of nitrogens with zero attached hydrogens (tertiary/aromatic N) is 1. The number of nitrogens with one attached hydrogen (secondary N) is 1. The van der Waals surface area contributed by atoms with Crippen molar-refractivity contribution in [1.29, 1.82) is 0 Å². The maximum absolute atomic E-state index is 12.4. The van der Waals surface area contributed by atoms with Crippen molar-refractivity contribution in [2.75, 3.05) is 5.32 Å². The zero-order chi connectivity index (χ0) is 19.8. The summed E-state index contributed by atoms with van der Waals surface area (Å²) in [6.07, 6.45) is 0. The Hall–Kier alpha value is -3.50. The van der Waals surface area contributed by atoms with Gasteiger partial charge in [0.05, 0.1) is 10.6 Å². The lowest BCUT2D eigenvalue weighted by molar-refractivity contribution is -0.384. The van der Waals surface area contributed by atoms with E-state index in [4.69, 9.17) is 0 Å². The maximum Gasteiger partial charge on any atom is 0.295 e. The summed E-state index contributed by atoms with van der Waals surface area (Å²) in [6.45, 7) is 0. The van der Waals surface area contributed by atoms with Crippen LogP contribution in [0.25, 0.3) is 10.8 Å². The number of carbonyl (C=O) groups excluding carboxylic acids is 1. The Balaban J connectivity index is 2.08. The summed E-state index contributed by atoms with van der Waals surface area (Å²) < 4.78 is 32.8. The van der Waals surface area contributed by atoms with Gasteiger partial charge >= 0.3 is 0 Å². The Morgan fingerprint density at radius 3 is 2.30 bits per heavy atom. The molecule has 0 saturated carbocycles. The topological polar surface area (TPSA) is 147 Å². The number of nitro groups is 1. The molecule has 3 rings (SSSR count). The highest BCUT2D eigenvalue weighted by Crippen LogP contribution is 2.35. The van der Waals surface area contributed by atoms with Gasteiger partial charge in [-0.15, -0.1) is 0 Å². The lowest BCUT2D eigenvalue weighted by Crippen LogP contribution is -2.13. The number of carbonyl (C=O) groups is 1. The molecule has 138 valence electrons. The summed E-state index contributed by atoms with van der Waals surface area (Å²) in [4.78, 5) is 22.0. The van der Waals surface area contributed by atoms with E-state index in [0.29, 0.717) is 0 Å². The molecule has 0 aliphatic heterocycles. The molecule has 10 heteroatoms. The number of hydrogen-bond donors (Lipinski definition) is 3. The molecule has 27 heavy (non-hydrogen) atoms. The summed E-state index contributed by atoms with van der Waals surface area (Å²) in [5, 5.41) is 23.2. The van der Waals surface area contributed by atoms with Crippen LogP contribution in [-0.2, 0) is 10.1 Å². The second-order valence-electron chi connectivity index (χ2n) is 5.54. The minimum absolute atomic E-state index is 0.0411. The van der Waals surface area contributed by atoms with Gasteiger partial charge in [-0.05, 0) is 30.3 Å². The highest BCUT2D eigenvalue weighted by Gasteiger charge is 2.20. The number of amides is 1. The van der Waals surface area contributed by atoms with Crippen LogP contribution >= 0.6 is 0 Å². The molecule has 0 fully saturated rings. The first kappa shape index (κ1) is 18.3. The van der Waals surface area contributed by atoms with E-state index in [1.807, 2.05) is 0 Å². The Morgan fingerprint density at radius 2 is 1.70 bits per heavy atom. The highest BCUT2D eigenvalue weighted by atomic mass is 32.2. The van der Waals surface area contributed by atoms with Crippen molar-refractivity contribution in [3.05, 3.63) is 70.3 Å². The van der Waals surface area contributed by atoms with Crippen LogP contribution in [0.1, 0.15) is 10.4 Å². The zero-order valence-corrected chi connectivity index (χ0v) is 14.3. The van der Waals surface area contributed by atoms with E-state index < -0.39 is 25.8 Å². The first-order valence-corrected chi connectivity index (χ1v) is 8.90. The van der Waals surface area contributed by atoms with Gasteiger partial charge in [0, 0.05) is 28.5 Å². The molecule has 0 aromatic heterocycles. The van der Waals surface area contributed by atoms with Crippen LogP contribution in [0.4, 0.5) is 11.4 Å². The molecule has 3 aromatic carbocycles. The number of phenolic OH excluding ortho intramolecular Hbond substituents is 1. The summed E-state index contributed by atoms with van der Waals surface area (Å²) >= 11 is 0. The Morgan fingerprint density at radius 1 is 1.04 bits per heavy atom. The van der Waals surface area contributed by atoms with E-state index in [0.717, 1.165) is 18.2 Å². The molecule has 0 spiro atoms. The average molecular weight is 388 g/mol. The SMILES string of the molecule is O=C(Nc1ccc(O)c2cccc(S(=O)(=O)O)c12)c1ccc([N+](=O)[O-])cc1. The van der Waals surface area contributed by atoms with E-state index in [-0.39, 0.29) is 33.5 Å². The van der Waals surface area contributed by atoms with Crippen LogP contribution in [0, 0.1) is 10.1 Å². The molecule has 0 aliphatic carbocycles. The normalized spacial score (nSPS) is 11.3. The van der Waals surface area contributed by atoms with E-state index in [2.05, 4.69) is 5.32 Å². The summed E-state index contributed by atoms with van der Waals surface area (Å²) in [7, 11) is -4.62. The fourth-order valence-electron chi connectivity index (χ4n) is 2.61. The third kappa shape index (κ3) is 3.57. The van der Waals surface area contributed by atoms with Crippen LogP contribution in [-0.4, -0.2) is 28.9 Å². The monoisotopic (exact) mass is 388 g/mol. The number of phenols is 1. The number of aromatic hydroxyl groups is 1. The minimum Gasteiger partial charge on any atom is -0.507 e. The molecular formula is C17H12N2O7S. The van der Waals surface area contributed by atoms with Crippen molar-refractivity contribution in [3.63, 3.8) is 0 Å². The van der Waals surface area contributed by atoms with Gasteiger partial charge < -0.3 is 10.4 Å². The predicted octanol–water partition coefficient (Wildman–Crippen LogP) is 2.95. The number of benzene rings is 3. The number of rotatable bonds is 4. The van der Waals surface area contributed by atoms with Crippen molar-refractivity contribution in [2.45, 2.75) is 4.90 Å². The number of nitro benzene ring substituents is 1. The van der Waals surface area contributed by atoms with Crippen molar-refractivity contribution in [3.8, 4) is 5.75 Å². The second-order valence-corrected chi connectivity index (χ2v) is 6.93. The fourth-order valence-corrected chi connectivity index (χ4v) is 3.33. The molecule has 3 aromatic rings. The lowest BCUT2D eigenvalue weighted by Gasteiger charge is -2.12. The minimum atomic E-state index is -4.62. The van der Waals surface area contributed by atoms with Gasteiger partial charge in [-0.3, -0.25) is 19.5 Å². The first-order chi connectivity index (χ1) is 12.7. The van der Waals surface area contributed by atoms with Gasteiger partial charge in [0.2, 0.25) is 0 Å². The third-order valence-electron chi connectivity index (χ3n) is 3.85. The van der Waals surface area contributed by atoms with Crippen LogP contribution in [0.5, 0.6) is 5.75 Å². The first-order valence-electron chi connectivity index (χ1n) is 7.46. The highest BCUT2D eigenvalue weighted by molar-refractivity contribution is 7.86. The molecule has 0 atom stereocenters. The van der Waals surface area contributed by atoms with Crippen LogP contribution in [0.2, 0.25) is 0 Å². The van der Waals surface area contributed by atoms with E-state index >= 15 is 0 Å². The van der Waals surface area contributed by atoms with Gasteiger partial charge in [-0.2, -0.15) is 8.42 Å². The molecule has 0 heterocycles. The molecule has 0 saturated heterocycles. The van der Waals surface area contributed by atoms with E-state index in [1.54, 1.807) is 0 Å². The number of non-ortho nitro benzene ring substituents is 1. The number of anilines is 1. The number of fused-ring (bicyclic) bond motifs is 1. The summed E-state index contributed by atoms with van der Waals surface area (Å²) in [6, 6.07) is 11.3. The Labute approximate surface area is 152 Å². The van der Waals surface area contributed by atoms with Crippen molar-refractivity contribution < 1.29 is 27.8 Å². The summed E-state index contributed by atoms with van der Waals surface area (Å²) in [5.74, 6) is -0.883. The van der Waals surface area contributed by atoms with Gasteiger partial charge in [-0.25, -0.2) is 0 Å². The molecule has 0 aliphatic rings. The zero-order valence-electron chi connectivity index (χ0n) is 13.5. The quantitative estimate of drug-likeness (QED) is 0.269. The standard InChI is InChI=1S/C17H12N2O7S/c20-14-9-8-13(16-12(14)2-1-3-15(16)27(24,25)26)18-17(21)10-4-6-11(7-5-10)19(22)23/h1-9,20H,(H,18,21)(H,24,25,26). The Kier molecular flexibility index (Phi) is 4.52. The Bertz CT molecular complexity index is 1170.